The molecule has 2 fully saturated rings. The summed E-state index contributed by atoms with van der Waals surface area (Å²) in [5.74, 6) is 0.849. The molecular formula is C20H24N4O2S. The molecular weight excluding hydrogens is 360 g/mol. The maximum atomic E-state index is 13.2. The third kappa shape index (κ3) is 3.06. The van der Waals surface area contributed by atoms with Crippen molar-refractivity contribution in [2.75, 3.05) is 26.3 Å². The Labute approximate surface area is 163 Å². The molecule has 2 aromatic rings. The maximum Gasteiger partial charge on any atom is 0.274 e. The predicted octanol–water partition coefficient (Wildman–Crippen LogP) is 3.53. The van der Waals surface area contributed by atoms with Crippen LogP contribution >= 0.6 is 11.8 Å². The summed E-state index contributed by atoms with van der Waals surface area (Å²) in [6.07, 6.45) is 9.83. The third-order valence-corrected chi connectivity index (χ3v) is 6.94. The Morgan fingerprint density at radius 2 is 2.00 bits per heavy atom. The number of nitrogens with zero attached hydrogens (tertiary/aromatic N) is 4. The Morgan fingerprint density at radius 1 is 1.19 bits per heavy atom. The number of aromatic nitrogens is 3. The van der Waals surface area contributed by atoms with E-state index in [0.29, 0.717) is 38.0 Å². The number of pyridine rings is 1. The number of carbonyl (C=O) groups excluding carboxylic acids is 1. The van der Waals surface area contributed by atoms with Crippen molar-refractivity contribution in [1.82, 2.24) is 19.7 Å². The molecule has 7 heteroatoms. The molecule has 5 rings (SSSR count). The standard InChI is InChI=1S/C20H24N4O2S/c25-20(23-8-10-26-11-9-23)18-16-13-27-17-6-7-21-12-15(17)19(16)24(22-18)14-4-2-1-3-5-14/h6-7,12,14H,1-5,8-11,13H2. The van der Waals surface area contributed by atoms with E-state index >= 15 is 0 Å². The van der Waals surface area contributed by atoms with Crippen molar-refractivity contribution in [3.8, 4) is 11.3 Å². The molecule has 0 spiro atoms. The number of thioether (sulfide) groups is 1. The second-order valence-corrected chi connectivity index (χ2v) is 8.49. The molecule has 6 nitrogen and oxygen atoms in total. The summed E-state index contributed by atoms with van der Waals surface area (Å²) in [6, 6.07) is 2.46. The first kappa shape index (κ1) is 17.3. The Morgan fingerprint density at radius 3 is 2.81 bits per heavy atom. The molecule has 1 amide bonds. The lowest BCUT2D eigenvalue weighted by Gasteiger charge is -2.26. The summed E-state index contributed by atoms with van der Waals surface area (Å²) < 4.78 is 7.58. The van der Waals surface area contributed by atoms with E-state index in [9.17, 15) is 4.79 Å². The number of fused-ring (bicyclic) bond motifs is 3. The van der Waals surface area contributed by atoms with E-state index in [-0.39, 0.29) is 5.91 Å². The monoisotopic (exact) mass is 384 g/mol. The van der Waals surface area contributed by atoms with E-state index < -0.39 is 0 Å². The van der Waals surface area contributed by atoms with Crippen molar-refractivity contribution in [3.05, 3.63) is 29.7 Å². The minimum Gasteiger partial charge on any atom is -0.378 e. The Kier molecular flexibility index (Phi) is 4.65. The van der Waals surface area contributed by atoms with E-state index in [2.05, 4.69) is 15.7 Å². The van der Waals surface area contributed by atoms with Crippen molar-refractivity contribution in [1.29, 1.82) is 0 Å². The van der Waals surface area contributed by atoms with Gasteiger partial charge in [-0.05, 0) is 18.9 Å². The Balaban J connectivity index is 1.61. The molecule has 1 saturated heterocycles. The number of hydrogen-bond acceptors (Lipinski definition) is 5. The second kappa shape index (κ2) is 7.28. The van der Waals surface area contributed by atoms with Crippen molar-refractivity contribution >= 4 is 17.7 Å². The molecule has 0 radical (unpaired) electrons. The molecule has 0 aromatic carbocycles. The van der Waals surface area contributed by atoms with Crippen LogP contribution in [0.25, 0.3) is 11.3 Å². The van der Waals surface area contributed by atoms with E-state index in [1.165, 1.54) is 24.2 Å². The molecule has 1 aliphatic carbocycles. The first-order valence-corrected chi connectivity index (χ1v) is 10.9. The highest BCUT2D eigenvalue weighted by molar-refractivity contribution is 7.98. The molecule has 27 heavy (non-hydrogen) atoms. The second-order valence-electron chi connectivity index (χ2n) is 7.48. The summed E-state index contributed by atoms with van der Waals surface area (Å²) in [4.78, 5) is 20.7. The average molecular weight is 385 g/mol. The van der Waals surface area contributed by atoms with Gasteiger partial charge in [0.15, 0.2) is 5.69 Å². The first-order chi connectivity index (χ1) is 13.3. The number of rotatable bonds is 2. The lowest BCUT2D eigenvalue weighted by Crippen LogP contribution is -2.41. The molecule has 3 aliphatic rings. The van der Waals surface area contributed by atoms with Crippen molar-refractivity contribution < 1.29 is 9.53 Å². The van der Waals surface area contributed by atoms with Crippen LogP contribution < -0.4 is 0 Å². The summed E-state index contributed by atoms with van der Waals surface area (Å²) in [5, 5.41) is 4.93. The van der Waals surface area contributed by atoms with Gasteiger partial charge in [0.25, 0.3) is 5.91 Å². The van der Waals surface area contributed by atoms with Crippen LogP contribution in [-0.4, -0.2) is 51.9 Å². The average Bonchev–Trinajstić information content (AvgIpc) is 3.15. The zero-order valence-corrected chi connectivity index (χ0v) is 16.2. The van der Waals surface area contributed by atoms with Gasteiger partial charge in [-0.2, -0.15) is 5.10 Å². The van der Waals surface area contributed by atoms with Crippen LogP contribution in [0.15, 0.2) is 23.4 Å². The van der Waals surface area contributed by atoms with Gasteiger partial charge in [-0.25, -0.2) is 0 Å². The molecule has 4 heterocycles. The van der Waals surface area contributed by atoms with Crippen LogP contribution in [0.4, 0.5) is 0 Å². The normalized spacial score (nSPS) is 20.2. The Bertz CT molecular complexity index is 854. The highest BCUT2D eigenvalue weighted by atomic mass is 32.2. The topological polar surface area (TPSA) is 60.2 Å². The number of hydrogen-bond donors (Lipinski definition) is 0. The van der Waals surface area contributed by atoms with Gasteiger partial charge in [-0.3, -0.25) is 14.5 Å². The van der Waals surface area contributed by atoms with Gasteiger partial charge in [-0.1, -0.05) is 19.3 Å². The van der Waals surface area contributed by atoms with Crippen LogP contribution in [0, 0.1) is 0 Å². The number of ether oxygens (including phenoxy) is 1. The molecule has 2 aliphatic heterocycles. The van der Waals surface area contributed by atoms with Gasteiger partial charge >= 0.3 is 0 Å². The highest BCUT2D eigenvalue weighted by Crippen LogP contribution is 2.44. The molecule has 0 N–H and O–H groups in total. The zero-order chi connectivity index (χ0) is 18.2. The summed E-state index contributed by atoms with van der Waals surface area (Å²) in [7, 11) is 0. The highest BCUT2D eigenvalue weighted by Gasteiger charge is 2.33. The summed E-state index contributed by atoms with van der Waals surface area (Å²) >= 11 is 1.78. The maximum absolute atomic E-state index is 13.2. The van der Waals surface area contributed by atoms with Crippen LogP contribution in [0.1, 0.15) is 54.2 Å². The number of morpholine rings is 1. The van der Waals surface area contributed by atoms with Crippen LogP contribution in [0.3, 0.4) is 0 Å². The molecule has 0 unspecified atom stereocenters. The van der Waals surface area contributed by atoms with E-state index in [4.69, 9.17) is 9.84 Å². The fourth-order valence-electron chi connectivity index (χ4n) is 4.40. The molecule has 0 bridgehead atoms. The fraction of sp³-hybridized carbons (Fsp3) is 0.550. The largest absolute Gasteiger partial charge is 0.378 e. The zero-order valence-electron chi connectivity index (χ0n) is 15.4. The molecule has 2 aromatic heterocycles. The van der Waals surface area contributed by atoms with Crippen molar-refractivity contribution in [2.24, 2.45) is 0 Å². The first-order valence-electron chi connectivity index (χ1n) is 9.88. The van der Waals surface area contributed by atoms with Gasteiger partial charge in [0.05, 0.1) is 24.9 Å². The van der Waals surface area contributed by atoms with Gasteiger partial charge in [0.1, 0.15) is 0 Å². The third-order valence-electron chi connectivity index (χ3n) is 5.84. The lowest BCUT2D eigenvalue weighted by molar-refractivity contribution is 0.0297. The Hall–Kier alpha value is -1.86. The fourth-order valence-corrected chi connectivity index (χ4v) is 5.44. The van der Waals surface area contributed by atoms with Gasteiger partial charge in [0.2, 0.25) is 0 Å². The summed E-state index contributed by atoms with van der Waals surface area (Å²) in [6.45, 7) is 2.52. The number of amides is 1. The van der Waals surface area contributed by atoms with Gasteiger partial charge in [0, 0.05) is 47.3 Å². The molecule has 0 atom stereocenters. The number of carbonyl (C=O) groups is 1. The van der Waals surface area contributed by atoms with Crippen molar-refractivity contribution in [3.63, 3.8) is 0 Å². The van der Waals surface area contributed by atoms with E-state index in [1.54, 1.807) is 11.8 Å². The van der Waals surface area contributed by atoms with Gasteiger partial charge in [-0.15, -0.1) is 11.8 Å². The lowest BCUT2D eigenvalue weighted by atomic mass is 9.95. The minimum atomic E-state index is 0.0528. The van der Waals surface area contributed by atoms with Gasteiger partial charge < -0.3 is 9.64 Å². The van der Waals surface area contributed by atoms with Crippen LogP contribution in [-0.2, 0) is 10.5 Å². The van der Waals surface area contributed by atoms with Crippen LogP contribution in [0.2, 0.25) is 0 Å². The summed E-state index contributed by atoms with van der Waals surface area (Å²) in [5.41, 5.74) is 3.98. The van der Waals surface area contributed by atoms with Crippen LogP contribution in [0.5, 0.6) is 0 Å². The van der Waals surface area contributed by atoms with E-state index in [1.807, 2.05) is 17.3 Å². The minimum absolute atomic E-state index is 0.0528. The smallest absolute Gasteiger partial charge is 0.274 e. The van der Waals surface area contributed by atoms with Crippen molar-refractivity contribution in [2.45, 2.75) is 48.8 Å². The predicted molar refractivity (Wildman–Crippen MR) is 104 cm³/mol. The molecule has 1 saturated carbocycles. The quantitative estimate of drug-likeness (QED) is 0.793. The van der Waals surface area contributed by atoms with E-state index in [0.717, 1.165) is 35.4 Å². The molecule has 142 valence electrons. The SMILES string of the molecule is O=C(c1nn(C2CCCCC2)c2c1CSc1ccncc1-2)N1CCOCC1.